The molecule has 4 nitrogen and oxygen atoms in total. The molecule has 0 heterocycles. The number of hydrogen-bond donors (Lipinski definition) is 2. The predicted octanol–water partition coefficient (Wildman–Crippen LogP) is 8.37. The van der Waals surface area contributed by atoms with E-state index in [0.29, 0.717) is 25.7 Å². The van der Waals surface area contributed by atoms with Crippen molar-refractivity contribution in [3.8, 4) is 0 Å². The van der Waals surface area contributed by atoms with Crippen molar-refractivity contribution in [2.75, 3.05) is 0 Å². The van der Waals surface area contributed by atoms with Gasteiger partial charge >= 0.3 is 11.9 Å². The Balaban J connectivity index is 2.19. The van der Waals surface area contributed by atoms with Crippen LogP contribution in [0.3, 0.4) is 0 Å². The van der Waals surface area contributed by atoms with Crippen molar-refractivity contribution in [2.24, 2.45) is 10.8 Å². The molecule has 1 aliphatic rings. The minimum absolute atomic E-state index is 0.410. The minimum Gasteiger partial charge on any atom is -0.481 e. The van der Waals surface area contributed by atoms with Gasteiger partial charge in [-0.05, 0) is 25.7 Å². The Hall–Kier alpha value is -1.06. The zero-order valence-corrected chi connectivity index (χ0v) is 20.6. The summed E-state index contributed by atoms with van der Waals surface area (Å²) in [6, 6.07) is 0. The lowest BCUT2D eigenvalue weighted by Crippen LogP contribution is -2.54. The van der Waals surface area contributed by atoms with Gasteiger partial charge in [-0.1, -0.05) is 123 Å². The lowest BCUT2D eigenvalue weighted by Gasteiger charge is -2.48. The first-order valence-electron chi connectivity index (χ1n) is 13.4. The molecule has 1 fully saturated rings. The molecule has 0 aromatic rings. The van der Waals surface area contributed by atoms with Crippen molar-refractivity contribution in [2.45, 2.75) is 149 Å². The van der Waals surface area contributed by atoms with Crippen LogP contribution >= 0.6 is 0 Å². The van der Waals surface area contributed by atoms with E-state index in [9.17, 15) is 19.8 Å². The Morgan fingerprint density at radius 2 is 0.935 bits per heavy atom. The minimum atomic E-state index is -1.09. The highest BCUT2D eigenvalue weighted by molar-refractivity contribution is 5.87. The second-order valence-corrected chi connectivity index (χ2v) is 10.0. The van der Waals surface area contributed by atoms with Crippen LogP contribution in [0.1, 0.15) is 149 Å². The van der Waals surface area contributed by atoms with Gasteiger partial charge in [0, 0.05) is 0 Å². The van der Waals surface area contributed by atoms with E-state index in [1.165, 1.54) is 77.0 Å². The maximum Gasteiger partial charge on any atom is 0.310 e. The first-order valence-corrected chi connectivity index (χ1v) is 13.4. The van der Waals surface area contributed by atoms with Crippen LogP contribution in [0.25, 0.3) is 0 Å². The normalized spacial score (nSPS) is 23.7. The summed E-state index contributed by atoms with van der Waals surface area (Å²) in [7, 11) is 0. The second-order valence-electron chi connectivity index (χ2n) is 10.0. The Kier molecular flexibility index (Phi) is 14.2. The molecule has 2 N–H and O–H groups in total. The predicted molar refractivity (Wildman–Crippen MR) is 128 cm³/mol. The lowest BCUT2D eigenvalue weighted by atomic mass is 9.53. The summed E-state index contributed by atoms with van der Waals surface area (Å²) in [5, 5.41) is 20.0. The molecule has 2 unspecified atom stereocenters. The summed E-state index contributed by atoms with van der Waals surface area (Å²) in [5.41, 5.74) is -2.17. The van der Waals surface area contributed by atoms with Gasteiger partial charge in [0.15, 0.2) is 0 Å². The number of unbranched alkanes of at least 4 members (excludes halogenated alkanes) is 14. The van der Waals surface area contributed by atoms with Gasteiger partial charge in [-0.15, -0.1) is 0 Å². The van der Waals surface area contributed by atoms with E-state index in [-0.39, 0.29) is 0 Å². The molecule has 0 aliphatic heterocycles. The molecule has 2 atom stereocenters. The summed E-state index contributed by atoms with van der Waals surface area (Å²) in [5.74, 6) is -1.79. The Labute approximate surface area is 191 Å². The van der Waals surface area contributed by atoms with Gasteiger partial charge < -0.3 is 10.2 Å². The molecule has 182 valence electrons. The summed E-state index contributed by atoms with van der Waals surface area (Å²) >= 11 is 0. The summed E-state index contributed by atoms with van der Waals surface area (Å²) in [6.45, 7) is 4.11. The molecule has 0 bridgehead atoms. The van der Waals surface area contributed by atoms with Crippen LogP contribution < -0.4 is 0 Å². The molecule has 0 radical (unpaired) electrons. The zero-order chi connectivity index (χ0) is 23.0. The van der Waals surface area contributed by atoms with Crippen molar-refractivity contribution in [1.82, 2.24) is 0 Å². The Morgan fingerprint density at radius 1 is 0.581 bits per heavy atom. The van der Waals surface area contributed by atoms with Gasteiger partial charge in [0.1, 0.15) is 0 Å². The van der Waals surface area contributed by atoms with Crippen LogP contribution in [0.4, 0.5) is 0 Å². The highest BCUT2D eigenvalue weighted by atomic mass is 16.4. The van der Waals surface area contributed by atoms with E-state index in [1.54, 1.807) is 0 Å². The third kappa shape index (κ3) is 8.42. The van der Waals surface area contributed by atoms with Crippen molar-refractivity contribution >= 4 is 11.9 Å². The topological polar surface area (TPSA) is 74.6 Å². The van der Waals surface area contributed by atoms with Crippen LogP contribution in [0.2, 0.25) is 0 Å². The van der Waals surface area contributed by atoms with Crippen molar-refractivity contribution in [3.63, 3.8) is 0 Å². The van der Waals surface area contributed by atoms with Crippen molar-refractivity contribution < 1.29 is 19.8 Å². The van der Waals surface area contributed by atoms with Gasteiger partial charge in [0.25, 0.3) is 0 Å². The van der Waals surface area contributed by atoms with Crippen LogP contribution in [-0.2, 0) is 9.59 Å². The number of hydrogen-bond acceptors (Lipinski definition) is 2. The smallest absolute Gasteiger partial charge is 0.310 e. The Morgan fingerprint density at radius 3 is 1.29 bits per heavy atom. The third-order valence-electron chi connectivity index (χ3n) is 8.00. The van der Waals surface area contributed by atoms with Crippen molar-refractivity contribution in [3.05, 3.63) is 0 Å². The molecule has 0 aromatic heterocycles. The number of carbonyl (C=O) groups is 2. The molecule has 0 aromatic carbocycles. The van der Waals surface area contributed by atoms with Crippen LogP contribution in [0.5, 0.6) is 0 Å². The van der Waals surface area contributed by atoms with E-state index in [2.05, 4.69) is 6.92 Å². The molecule has 1 saturated carbocycles. The van der Waals surface area contributed by atoms with E-state index < -0.39 is 22.8 Å². The largest absolute Gasteiger partial charge is 0.481 e. The fraction of sp³-hybridized carbons (Fsp3) is 0.926. The van der Waals surface area contributed by atoms with Crippen molar-refractivity contribution in [1.29, 1.82) is 0 Å². The molecular formula is C27H50O4. The third-order valence-corrected chi connectivity index (χ3v) is 8.00. The standard InChI is InChI=1S/C27H50O4/c1-3-5-6-7-8-9-10-11-12-13-14-15-16-17-18-22-27(25(30)31)23-20-19-21-26(27,4-2)24(28)29/h3-23H2,1-2H3,(H,28,29)(H,30,31). The van der Waals surface area contributed by atoms with E-state index in [0.717, 1.165) is 32.1 Å². The van der Waals surface area contributed by atoms with E-state index in [4.69, 9.17) is 0 Å². The summed E-state index contributed by atoms with van der Waals surface area (Å²) in [6.07, 6.45) is 22.8. The van der Waals surface area contributed by atoms with Gasteiger partial charge in [0.2, 0.25) is 0 Å². The van der Waals surface area contributed by atoms with E-state index in [1.807, 2.05) is 6.92 Å². The highest BCUT2D eigenvalue weighted by Gasteiger charge is 2.60. The monoisotopic (exact) mass is 438 g/mol. The van der Waals surface area contributed by atoms with Crippen LogP contribution in [0.15, 0.2) is 0 Å². The lowest BCUT2D eigenvalue weighted by molar-refractivity contribution is -0.181. The number of carboxylic acids is 2. The quantitative estimate of drug-likeness (QED) is 0.199. The summed E-state index contributed by atoms with van der Waals surface area (Å²) in [4.78, 5) is 24.4. The average molecular weight is 439 g/mol. The van der Waals surface area contributed by atoms with Gasteiger partial charge in [-0.3, -0.25) is 9.59 Å². The maximum absolute atomic E-state index is 12.3. The zero-order valence-electron chi connectivity index (χ0n) is 20.6. The molecule has 0 saturated heterocycles. The molecule has 1 aliphatic carbocycles. The Bertz CT molecular complexity index is 503. The highest BCUT2D eigenvalue weighted by Crippen LogP contribution is 2.56. The van der Waals surface area contributed by atoms with Crippen LogP contribution in [0, 0.1) is 10.8 Å². The molecule has 1 rings (SSSR count). The van der Waals surface area contributed by atoms with Crippen LogP contribution in [-0.4, -0.2) is 22.2 Å². The van der Waals surface area contributed by atoms with Gasteiger partial charge in [0.05, 0.1) is 10.8 Å². The average Bonchev–Trinajstić information content (AvgIpc) is 2.76. The summed E-state index contributed by atoms with van der Waals surface area (Å²) < 4.78 is 0. The maximum atomic E-state index is 12.3. The first-order chi connectivity index (χ1) is 15.0. The second kappa shape index (κ2) is 15.7. The first kappa shape index (κ1) is 28.0. The number of aliphatic carboxylic acids is 2. The SMILES string of the molecule is CCCCCCCCCCCCCCCCCC1(C(=O)O)CCCCC1(CC)C(=O)O. The fourth-order valence-electron chi connectivity index (χ4n) is 5.89. The van der Waals surface area contributed by atoms with Gasteiger partial charge in [-0.25, -0.2) is 0 Å². The van der Waals surface area contributed by atoms with Gasteiger partial charge in [-0.2, -0.15) is 0 Å². The molecular weight excluding hydrogens is 388 g/mol. The van der Waals surface area contributed by atoms with E-state index >= 15 is 0 Å². The fourth-order valence-corrected chi connectivity index (χ4v) is 5.89. The molecule has 0 amide bonds. The molecule has 0 spiro atoms. The number of carboxylic acid groups (broad SMARTS) is 2. The number of rotatable bonds is 19. The molecule has 4 heteroatoms. The molecule has 31 heavy (non-hydrogen) atoms.